The predicted molar refractivity (Wildman–Crippen MR) is 64.8 cm³/mol. The lowest BCUT2D eigenvalue weighted by Gasteiger charge is -2.24. The SMILES string of the molecule is O=C(CC1CNCCO1)OC1CCCCCC1. The van der Waals surface area contributed by atoms with Crippen LogP contribution >= 0.6 is 0 Å². The molecule has 1 unspecified atom stereocenters. The van der Waals surface area contributed by atoms with Crippen molar-refractivity contribution in [3.63, 3.8) is 0 Å². The lowest BCUT2D eigenvalue weighted by molar-refractivity contribution is -0.153. The third-order valence-corrected chi connectivity index (χ3v) is 3.50. The minimum Gasteiger partial charge on any atom is -0.462 e. The Hall–Kier alpha value is -0.610. The summed E-state index contributed by atoms with van der Waals surface area (Å²) in [5.74, 6) is -0.0920. The van der Waals surface area contributed by atoms with E-state index in [0.717, 1.165) is 25.9 Å². The van der Waals surface area contributed by atoms with Crippen molar-refractivity contribution in [2.75, 3.05) is 19.7 Å². The number of esters is 1. The second-order valence-electron chi connectivity index (χ2n) is 5.00. The molecule has 1 N–H and O–H groups in total. The van der Waals surface area contributed by atoms with Crippen LogP contribution in [0.15, 0.2) is 0 Å². The summed E-state index contributed by atoms with van der Waals surface area (Å²) >= 11 is 0. The molecule has 0 aromatic rings. The van der Waals surface area contributed by atoms with E-state index in [9.17, 15) is 4.79 Å². The van der Waals surface area contributed by atoms with Crippen molar-refractivity contribution in [2.24, 2.45) is 0 Å². The second kappa shape index (κ2) is 6.97. The number of carbonyl (C=O) groups is 1. The van der Waals surface area contributed by atoms with Crippen molar-refractivity contribution in [3.05, 3.63) is 0 Å². The Bertz CT molecular complexity index is 231. The van der Waals surface area contributed by atoms with Crippen molar-refractivity contribution >= 4 is 5.97 Å². The van der Waals surface area contributed by atoms with Crippen LogP contribution in [0.4, 0.5) is 0 Å². The average Bonchev–Trinajstić information content (AvgIpc) is 2.59. The Morgan fingerprint density at radius 3 is 2.65 bits per heavy atom. The Kier molecular flexibility index (Phi) is 5.26. The quantitative estimate of drug-likeness (QED) is 0.602. The zero-order chi connectivity index (χ0) is 11.9. The summed E-state index contributed by atoms with van der Waals surface area (Å²) < 4.78 is 11.0. The van der Waals surface area contributed by atoms with Crippen LogP contribution in [0.1, 0.15) is 44.9 Å². The summed E-state index contributed by atoms with van der Waals surface area (Å²) in [4.78, 5) is 11.8. The van der Waals surface area contributed by atoms with Gasteiger partial charge in [-0.25, -0.2) is 0 Å². The number of morpholine rings is 1. The van der Waals surface area contributed by atoms with E-state index < -0.39 is 0 Å². The van der Waals surface area contributed by atoms with E-state index >= 15 is 0 Å². The van der Waals surface area contributed by atoms with E-state index in [0.29, 0.717) is 13.0 Å². The van der Waals surface area contributed by atoms with Gasteiger partial charge in [0.05, 0.1) is 19.1 Å². The fourth-order valence-corrected chi connectivity index (χ4v) is 2.53. The molecule has 1 saturated carbocycles. The van der Waals surface area contributed by atoms with Gasteiger partial charge in [0.2, 0.25) is 0 Å². The van der Waals surface area contributed by atoms with Crippen molar-refractivity contribution in [1.82, 2.24) is 5.32 Å². The minimum absolute atomic E-state index is 0.00188. The van der Waals surface area contributed by atoms with E-state index in [4.69, 9.17) is 9.47 Å². The van der Waals surface area contributed by atoms with E-state index in [1.807, 2.05) is 0 Å². The number of rotatable bonds is 3. The van der Waals surface area contributed by atoms with Crippen molar-refractivity contribution < 1.29 is 14.3 Å². The van der Waals surface area contributed by atoms with Gasteiger partial charge in [0, 0.05) is 13.1 Å². The first-order valence-electron chi connectivity index (χ1n) is 6.86. The molecule has 2 aliphatic rings. The molecule has 2 rings (SSSR count). The maximum atomic E-state index is 11.8. The molecular weight excluding hydrogens is 218 g/mol. The molecule has 1 atom stereocenters. The number of hydrogen-bond donors (Lipinski definition) is 1. The van der Waals surface area contributed by atoms with Crippen LogP contribution < -0.4 is 5.32 Å². The summed E-state index contributed by atoms with van der Waals surface area (Å²) in [7, 11) is 0. The van der Waals surface area contributed by atoms with Gasteiger partial charge in [-0.3, -0.25) is 4.79 Å². The van der Waals surface area contributed by atoms with Crippen LogP contribution in [-0.2, 0) is 14.3 Å². The van der Waals surface area contributed by atoms with Crippen LogP contribution in [0.5, 0.6) is 0 Å². The van der Waals surface area contributed by atoms with Crippen LogP contribution in [0, 0.1) is 0 Å². The fourth-order valence-electron chi connectivity index (χ4n) is 2.53. The molecule has 17 heavy (non-hydrogen) atoms. The predicted octanol–water partition coefficient (Wildman–Crippen LogP) is 1.63. The zero-order valence-electron chi connectivity index (χ0n) is 10.5. The molecule has 4 heteroatoms. The maximum absolute atomic E-state index is 11.8. The molecule has 0 aromatic carbocycles. The summed E-state index contributed by atoms with van der Waals surface area (Å²) in [6.45, 7) is 2.34. The summed E-state index contributed by atoms with van der Waals surface area (Å²) in [6, 6.07) is 0. The lowest BCUT2D eigenvalue weighted by Crippen LogP contribution is -2.40. The molecule has 98 valence electrons. The number of carbonyl (C=O) groups excluding carboxylic acids is 1. The van der Waals surface area contributed by atoms with E-state index in [-0.39, 0.29) is 18.2 Å². The summed E-state index contributed by atoms with van der Waals surface area (Å²) in [5, 5.41) is 3.22. The summed E-state index contributed by atoms with van der Waals surface area (Å²) in [5.41, 5.74) is 0. The molecule has 0 bridgehead atoms. The number of ether oxygens (including phenoxy) is 2. The normalized spacial score (nSPS) is 27.4. The Morgan fingerprint density at radius 1 is 1.24 bits per heavy atom. The van der Waals surface area contributed by atoms with Crippen LogP contribution in [0.3, 0.4) is 0 Å². The van der Waals surface area contributed by atoms with Gasteiger partial charge in [0.1, 0.15) is 6.10 Å². The van der Waals surface area contributed by atoms with Gasteiger partial charge in [-0.05, 0) is 25.7 Å². The topological polar surface area (TPSA) is 47.6 Å². The Balaban J connectivity index is 1.68. The Morgan fingerprint density at radius 2 is 2.00 bits per heavy atom. The minimum atomic E-state index is -0.0920. The monoisotopic (exact) mass is 241 g/mol. The highest BCUT2D eigenvalue weighted by atomic mass is 16.5. The Labute approximate surface area is 103 Å². The van der Waals surface area contributed by atoms with E-state index in [1.165, 1.54) is 25.7 Å². The second-order valence-corrected chi connectivity index (χ2v) is 5.00. The van der Waals surface area contributed by atoms with Crippen molar-refractivity contribution in [3.8, 4) is 0 Å². The van der Waals surface area contributed by atoms with E-state index in [2.05, 4.69) is 5.32 Å². The molecule has 0 amide bonds. The van der Waals surface area contributed by atoms with Gasteiger partial charge in [-0.15, -0.1) is 0 Å². The molecule has 1 aliphatic heterocycles. The number of nitrogens with one attached hydrogen (secondary N) is 1. The highest BCUT2D eigenvalue weighted by Crippen LogP contribution is 2.20. The maximum Gasteiger partial charge on any atom is 0.308 e. The largest absolute Gasteiger partial charge is 0.462 e. The molecule has 0 radical (unpaired) electrons. The van der Waals surface area contributed by atoms with Crippen LogP contribution in [0.2, 0.25) is 0 Å². The molecule has 1 heterocycles. The molecule has 1 aliphatic carbocycles. The van der Waals surface area contributed by atoms with Crippen molar-refractivity contribution in [2.45, 2.75) is 57.2 Å². The van der Waals surface area contributed by atoms with Crippen molar-refractivity contribution in [1.29, 1.82) is 0 Å². The van der Waals surface area contributed by atoms with Crippen LogP contribution in [0.25, 0.3) is 0 Å². The van der Waals surface area contributed by atoms with Gasteiger partial charge < -0.3 is 14.8 Å². The molecule has 0 spiro atoms. The zero-order valence-corrected chi connectivity index (χ0v) is 10.5. The molecule has 4 nitrogen and oxygen atoms in total. The van der Waals surface area contributed by atoms with Gasteiger partial charge in [-0.2, -0.15) is 0 Å². The summed E-state index contributed by atoms with van der Waals surface area (Å²) in [6.07, 6.45) is 7.57. The first kappa shape index (κ1) is 12.8. The smallest absolute Gasteiger partial charge is 0.308 e. The third kappa shape index (κ3) is 4.64. The van der Waals surface area contributed by atoms with E-state index in [1.54, 1.807) is 0 Å². The fraction of sp³-hybridized carbons (Fsp3) is 0.923. The first-order chi connectivity index (χ1) is 8.34. The lowest BCUT2D eigenvalue weighted by atomic mass is 10.1. The van der Waals surface area contributed by atoms with Crippen LogP contribution in [-0.4, -0.2) is 37.9 Å². The highest BCUT2D eigenvalue weighted by Gasteiger charge is 2.21. The molecule has 2 fully saturated rings. The third-order valence-electron chi connectivity index (χ3n) is 3.50. The molecule has 0 aromatic heterocycles. The molecular formula is C13H23NO3. The average molecular weight is 241 g/mol. The molecule has 1 saturated heterocycles. The van der Waals surface area contributed by atoms with Gasteiger partial charge in [0.25, 0.3) is 0 Å². The first-order valence-corrected chi connectivity index (χ1v) is 6.86. The highest BCUT2D eigenvalue weighted by molar-refractivity contribution is 5.70. The van der Waals surface area contributed by atoms with Gasteiger partial charge in [0.15, 0.2) is 0 Å². The van der Waals surface area contributed by atoms with Gasteiger partial charge in [-0.1, -0.05) is 12.8 Å². The van der Waals surface area contributed by atoms with Gasteiger partial charge >= 0.3 is 5.97 Å². The number of hydrogen-bond acceptors (Lipinski definition) is 4. The standard InChI is InChI=1S/C13H23NO3/c15-13(9-12-10-14-7-8-16-12)17-11-5-3-1-2-4-6-11/h11-12,14H,1-10H2.